The summed E-state index contributed by atoms with van der Waals surface area (Å²) in [7, 11) is 0. The number of ether oxygens (including phenoxy) is 1. The van der Waals surface area contributed by atoms with Crippen molar-refractivity contribution in [3.63, 3.8) is 0 Å². The van der Waals surface area contributed by atoms with Crippen molar-refractivity contribution in [1.29, 1.82) is 0 Å². The minimum atomic E-state index is -0.457. The zero-order valence-electron chi connectivity index (χ0n) is 10.7. The molecule has 0 radical (unpaired) electrons. The van der Waals surface area contributed by atoms with Gasteiger partial charge in [-0.1, -0.05) is 0 Å². The number of hydrogen-bond acceptors (Lipinski definition) is 3. The minimum absolute atomic E-state index is 0.113. The minimum Gasteiger partial charge on any atom is -0.485 e. The molecule has 4 heteroatoms. The van der Waals surface area contributed by atoms with Crippen LogP contribution < -0.4 is 10.5 Å². The standard InChI is InChI=1S/C14H17NO3/c1-8-5-11(14(15)17)6-9(2)13(8)18-7-12(16)10-3-4-10/h5-6,10H,3-4,7H2,1-2H3,(H2,15,17). The molecule has 0 saturated heterocycles. The average Bonchev–Trinajstić information content (AvgIpc) is 3.10. The molecule has 1 saturated carbocycles. The molecule has 0 aliphatic heterocycles. The molecule has 1 fully saturated rings. The molecule has 0 aromatic heterocycles. The lowest BCUT2D eigenvalue weighted by atomic mass is 10.1. The van der Waals surface area contributed by atoms with Gasteiger partial charge in [-0.05, 0) is 49.9 Å². The number of primary amides is 1. The summed E-state index contributed by atoms with van der Waals surface area (Å²) < 4.78 is 5.56. The van der Waals surface area contributed by atoms with Gasteiger partial charge in [-0.25, -0.2) is 0 Å². The summed E-state index contributed by atoms with van der Waals surface area (Å²) in [4.78, 5) is 22.7. The van der Waals surface area contributed by atoms with Gasteiger partial charge in [0.15, 0.2) is 5.78 Å². The molecule has 0 heterocycles. The number of rotatable bonds is 5. The highest BCUT2D eigenvalue weighted by Crippen LogP contribution is 2.31. The maximum absolute atomic E-state index is 11.6. The summed E-state index contributed by atoms with van der Waals surface area (Å²) >= 11 is 0. The lowest BCUT2D eigenvalue weighted by molar-refractivity contribution is -0.122. The van der Waals surface area contributed by atoms with Crippen LogP contribution in [0.3, 0.4) is 0 Å². The first-order valence-corrected chi connectivity index (χ1v) is 6.05. The van der Waals surface area contributed by atoms with Gasteiger partial charge < -0.3 is 10.5 Å². The molecule has 4 nitrogen and oxygen atoms in total. The lowest BCUT2D eigenvalue weighted by Crippen LogP contribution is -2.15. The fourth-order valence-corrected chi connectivity index (χ4v) is 1.99. The fourth-order valence-electron chi connectivity index (χ4n) is 1.99. The summed E-state index contributed by atoms with van der Waals surface area (Å²) in [6.45, 7) is 3.80. The largest absolute Gasteiger partial charge is 0.485 e. The van der Waals surface area contributed by atoms with E-state index in [1.807, 2.05) is 13.8 Å². The third kappa shape index (κ3) is 2.70. The SMILES string of the molecule is Cc1cc(C(N)=O)cc(C)c1OCC(=O)C1CC1. The van der Waals surface area contributed by atoms with Gasteiger partial charge in [0.25, 0.3) is 0 Å². The van der Waals surface area contributed by atoms with E-state index in [1.165, 1.54) is 0 Å². The van der Waals surface area contributed by atoms with E-state index in [-0.39, 0.29) is 18.3 Å². The molecule has 0 unspecified atom stereocenters. The number of ketones is 1. The number of amides is 1. The molecule has 2 rings (SSSR count). The molecule has 2 N–H and O–H groups in total. The summed E-state index contributed by atoms with van der Waals surface area (Å²) in [6.07, 6.45) is 1.97. The molecule has 96 valence electrons. The van der Waals surface area contributed by atoms with E-state index in [0.29, 0.717) is 11.3 Å². The quantitative estimate of drug-likeness (QED) is 0.862. The van der Waals surface area contributed by atoms with E-state index < -0.39 is 5.91 Å². The number of carbonyl (C=O) groups excluding carboxylic acids is 2. The normalized spacial score (nSPS) is 14.3. The molecule has 1 aromatic rings. The predicted molar refractivity (Wildman–Crippen MR) is 67.7 cm³/mol. The predicted octanol–water partition coefficient (Wildman–Crippen LogP) is 1.76. The molecule has 0 bridgehead atoms. The van der Waals surface area contributed by atoms with Crippen molar-refractivity contribution in [2.24, 2.45) is 11.7 Å². The first-order chi connectivity index (χ1) is 8.49. The molecule has 1 aliphatic carbocycles. The summed E-state index contributed by atoms with van der Waals surface area (Å²) in [5, 5.41) is 0. The van der Waals surface area contributed by atoms with Gasteiger partial charge >= 0.3 is 0 Å². The lowest BCUT2D eigenvalue weighted by Gasteiger charge is -2.12. The van der Waals surface area contributed by atoms with Crippen molar-refractivity contribution in [2.45, 2.75) is 26.7 Å². The van der Waals surface area contributed by atoms with E-state index in [4.69, 9.17) is 10.5 Å². The van der Waals surface area contributed by atoms with Gasteiger partial charge in [0.1, 0.15) is 12.4 Å². The van der Waals surface area contributed by atoms with E-state index in [1.54, 1.807) is 12.1 Å². The van der Waals surface area contributed by atoms with Gasteiger partial charge in [0.05, 0.1) is 0 Å². The Labute approximate surface area is 106 Å². The Kier molecular flexibility index (Phi) is 3.36. The van der Waals surface area contributed by atoms with Crippen molar-refractivity contribution in [2.75, 3.05) is 6.61 Å². The van der Waals surface area contributed by atoms with Crippen LogP contribution in [0.15, 0.2) is 12.1 Å². The van der Waals surface area contributed by atoms with Crippen LogP contribution >= 0.6 is 0 Å². The van der Waals surface area contributed by atoms with Crippen LogP contribution in [0.2, 0.25) is 0 Å². The van der Waals surface area contributed by atoms with Crippen molar-refractivity contribution in [1.82, 2.24) is 0 Å². The van der Waals surface area contributed by atoms with Gasteiger partial charge in [0, 0.05) is 11.5 Å². The second kappa shape index (κ2) is 4.80. The van der Waals surface area contributed by atoms with Crippen LogP contribution in [0.25, 0.3) is 0 Å². The number of nitrogens with two attached hydrogens (primary N) is 1. The Morgan fingerprint density at radius 1 is 1.28 bits per heavy atom. The summed E-state index contributed by atoms with van der Waals surface area (Å²) in [5.74, 6) is 0.582. The highest BCUT2D eigenvalue weighted by Gasteiger charge is 2.29. The van der Waals surface area contributed by atoms with E-state index in [9.17, 15) is 9.59 Å². The van der Waals surface area contributed by atoms with Crippen LogP contribution in [0.4, 0.5) is 0 Å². The highest BCUT2D eigenvalue weighted by molar-refractivity contribution is 5.93. The maximum Gasteiger partial charge on any atom is 0.248 e. The van der Waals surface area contributed by atoms with Crippen LogP contribution in [-0.4, -0.2) is 18.3 Å². The third-order valence-corrected chi connectivity index (χ3v) is 3.14. The Hall–Kier alpha value is -1.84. The van der Waals surface area contributed by atoms with Crippen LogP contribution in [0.1, 0.15) is 34.3 Å². The third-order valence-electron chi connectivity index (χ3n) is 3.14. The molecule has 1 amide bonds. The second-order valence-corrected chi connectivity index (χ2v) is 4.83. The first-order valence-electron chi connectivity index (χ1n) is 6.05. The number of Topliss-reactive ketones (excluding diaryl/α,β-unsaturated/α-hetero) is 1. The monoisotopic (exact) mass is 247 g/mol. The van der Waals surface area contributed by atoms with Gasteiger partial charge in [-0.15, -0.1) is 0 Å². The molecule has 1 aliphatic rings. The molecule has 0 atom stereocenters. The second-order valence-electron chi connectivity index (χ2n) is 4.83. The summed E-state index contributed by atoms with van der Waals surface area (Å²) in [6, 6.07) is 3.37. The van der Waals surface area contributed by atoms with E-state index in [0.717, 1.165) is 24.0 Å². The average molecular weight is 247 g/mol. The summed E-state index contributed by atoms with van der Waals surface area (Å²) in [5.41, 5.74) is 7.35. The zero-order valence-corrected chi connectivity index (χ0v) is 10.7. The Bertz CT molecular complexity index is 481. The molecular weight excluding hydrogens is 230 g/mol. The van der Waals surface area contributed by atoms with Gasteiger partial charge in [-0.3, -0.25) is 9.59 Å². The molecule has 18 heavy (non-hydrogen) atoms. The van der Waals surface area contributed by atoms with Gasteiger partial charge in [0.2, 0.25) is 5.91 Å². The Morgan fingerprint density at radius 2 is 1.83 bits per heavy atom. The first kappa shape index (κ1) is 12.6. The maximum atomic E-state index is 11.6. The van der Waals surface area contributed by atoms with Crippen molar-refractivity contribution < 1.29 is 14.3 Å². The molecule has 1 aromatic carbocycles. The number of benzene rings is 1. The Balaban J connectivity index is 2.12. The van der Waals surface area contributed by atoms with Crippen LogP contribution in [0.5, 0.6) is 5.75 Å². The van der Waals surface area contributed by atoms with Crippen molar-refractivity contribution in [3.8, 4) is 5.75 Å². The Morgan fingerprint density at radius 3 is 2.28 bits per heavy atom. The zero-order chi connectivity index (χ0) is 13.3. The van der Waals surface area contributed by atoms with Crippen molar-refractivity contribution >= 4 is 11.7 Å². The number of hydrogen-bond donors (Lipinski definition) is 1. The van der Waals surface area contributed by atoms with Crippen LogP contribution in [0, 0.1) is 19.8 Å². The van der Waals surface area contributed by atoms with Crippen LogP contribution in [-0.2, 0) is 4.79 Å². The smallest absolute Gasteiger partial charge is 0.248 e. The molecular formula is C14H17NO3. The number of carbonyl (C=O) groups is 2. The highest BCUT2D eigenvalue weighted by atomic mass is 16.5. The topological polar surface area (TPSA) is 69.4 Å². The van der Waals surface area contributed by atoms with Gasteiger partial charge in [-0.2, -0.15) is 0 Å². The van der Waals surface area contributed by atoms with Crippen molar-refractivity contribution in [3.05, 3.63) is 28.8 Å². The number of aryl methyl sites for hydroxylation is 2. The van der Waals surface area contributed by atoms with E-state index in [2.05, 4.69) is 0 Å². The molecule has 0 spiro atoms. The fraction of sp³-hybridized carbons (Fsp3) is 0.429. The van der Waals surface area contributed by atoms with E-state index >= 15 is 0 Å².